The second kappa shape index (κ2) is 8.76. The van der Waals surface area contributed by atoms with E-state index in [9.17, 15) is 0 Å². The molecular formula is C37H26. The van der Waals surface area contributed by atoms with Crippen molar-refractivity contribution >= 4 is 32.3 Å². The predicted octanol–water partition coefficient (Wildman–Crippen LogP) is 10.5. The second-order valence-electron chi connectivity index (χ2n) is 9.76. The van der Waals surface area contributed by atoms with Crippen LogP contribution in [0, 0.1) is 6.92 Å². The number of aryl methyl sites for hydroxylation is 1. The fraction of sp³-hybridized carbons (Fsp3) is 0.0270. The number of rotatable bonds is 3. The van der Waals surface area contributed by atoms with Crippen LogP contribution in [0.3, 0.4) is 0 Å². The lowest BCUT2D eigenvalue weighted by atomic mass is 9.83. The molecule has 0 aromatic heterocycles. The van der Waals surface area contributed by atoms with Crippen molar-refractivity contribution in [3.05, 3.63) is 145 Å². The molecule has 0 saturated heterocycles. The zero-order chi connectivity index (χ0) is 24.8. The molecule has 0 saturated carbocycles. The van der Waals surface area contributed by atoms with Gasteiger partial charge in [0.1, 0.15) is 0 Å². The van der Waals surface area contributed by atoms with Gasteiger partial charge >= 0.3 is 0 Å². The van der Waals surface area contributed by atoms with Crippen molar-refractivity contribution in [1.29, 1.82) is 0 Å². The van der Waals surface area contributed by atoms with Crippen molar-refractivity contribution in [3.8, 4) is 33.4 Å². The zero-order valence-electron chi connectivity index (χ0n) is 20.8. The average Bonchev–Trinajstić information content (AvgIpc) is 2.96. The third-order valence-electron chi connectivity index (χ3n) is 7.60. The Balaban J connectivity index is 1.61. The maximum absolute atomic E-state index is 2.34. The van der Waals surface area contributed by atoms with Gasteiger partial charge in [-0.15, -0.1) is 0 Å². The van der Waals surface area contributed by atoms with E-state index in [0.717, 1.165) is 0 Å². The molecule has 0 heteroatoms. The first-order valence-electron chi connectivity index (χ1n) is 12.9. The van der Waals surface area contributed by atoms with Crippen LogP contribution in [0.25, 0.3) is 65.7 Å². The van der Waals surface area contributed by atoms with E-state index in [2.05, 4.69) is 146 Å². The van der Waals surface area contributed by atoms with E-state index >= 15 is 0 Å². The second-order valence-corrected chi connectivity index (χ2v) is 9.76. The summed E-state index contributed by atoms with van der Waals surface area (Å²) in [6, 6.07) is 50.8. The highest BCUT2D eigenvalue weighted by molar-refractivity contribution is 6.22. The molecule has 7 aromatic rings. The quantitative estimate of drug-likeness (QED) is 0.225. The minimum atomic E-state index is 1.25. The summed E-state index contributed by atoms with van der Waals surface area (Å²) in [7, 11) is 0. The lowest BCUT2D eigenvalue weighted by molar-refractivity contribution is 1.46. The summed E-state index contributed by atoms with van der Waals surface area (Å²) >= 11 is 0. The van der Waals surface area contributed by atoms with Gasteiger partial charge in [0.2, 0.25) is 0 Å². The molecular weight excluding hydrogens is 444 g/mol. The summed E-state index contributed by atoms with van der Waals surface area (Å²) in [5.74, 6) is 0. The lowest BCUT2D eigenvalue weighted by Crippen LogP contribution is -1.93. The summed E-state index contributed by atoms with van der Waals surface area (Å²) in [6.07, 6.45) is 0. The first-order valence-corrected chi connectivity index (χ1v) is 12.9. The van der Waals surface area contributed by atoms with Crippen molar-refractivity contribution < 1.29 is 0 Å². The minimum Gasteiger partial charge on any atom is -0.0620 e. The van der Waals surface area contributed by atoms with Gasteiger partial charge in [-0.3, -0.25) is 0 Å². The Labute approximate surface area is 217 Å². The number of benzene rings is 7. The normalized spacial score (nSPS) is 11.4. The van der Waals surface area contributed by atoms with E-state index in [-0.39, 0.29) is 0 Å². The van der Waals surface area contributed by atoms with Gasteiger partial charge in [-0.25, -0.2) is 0 Å². The standard InChI is InChI=1S/C37H26/c1-25-12-2-5-15-29(25)30-16-6-7-17-31(30)37-34-20-10-8-18-32(34)36(33-19-9-11-21-35(33)37)28-23-22-26-13-3-4-14-27(26)24-28/h2-24H,1H3. The Kier molecular flexibility index (Phi) is 5.11. The molecule has 0 fully saturated rings. The molecule has 0 atom stereocenters. The Hall–Kier alpha value is -4.68. The van der Waals surface area contributed by atoms with Crippen LogP contribution < -0.4 is 0 Å². The Bertz CT molecular complexity index is 1880. The Morgan fingerprint density at radius 1 is 0.351 bits per heavy atom. The fourth-order valence-electron chi connectivity index (χ4n) is 5.89. The minimum absolute atomic E-state index is 1.25. The molecule has 7 aromatic carbocycles. The van der Waals surface area contributed by atoms with Gasteiger partial charge in [0.25, 0.3) is 0 Å². The van der Waals surface area contributed by atoms with E-state index in [4.69, 9.17) is 0 Å². The van der Waals surface area contributed by atoms with Crippen molar-refractivity contribution in [3.63, 3.8) is 0 Å². The molecule has 174 valence electrons. The van der Waals surface area contributed by atoms with Gasteiger partial charge in [-0.1, -0.05) is 133 Å². The van der Waals surface area contributed by atoms with Gasteiger partial charge < -0.3 is 0 Å². The first kappa shape index (κ1) is 21.6. The van der Waals surface area contributed by atoms with Gasteiger partial charge in [0, 0.05) is 0 Å². The van der Waals surface area contributed by atoms with Crippen LogP contribution in [0.15, 0.2) is 140 Å². The van der Waals surface area contributed by atoms with E-state index in [1.807, 2.05) is 0 Å². The van der Waals surface area contributed by atoms with Gasteiger partial charge in [-0.2, -0.15) is 0 Å². The molecule has 0 nitrogen and oxygen atoms in total. The monoisotopic (exact) mass is 470 g/mol. The molecule has 7 rings (SSSR count). The van der Waals surface area contributed by atoms with Crippen LogP contribution in [0.2, 0.25) is 0 Å². The summed E-state index contributed by atoms with van der Waals surface area (Å²) in [6.45, 7) is 2.20. The third kappa shape index (κ3) is 3.53. The topological polar surface area (TPSA) is 0 Å². The van der Waals surface area contributed by atoms with E-state index in [1.54, 1.807) is 0 Å². The molecule has 0 aliphatic heterocycles. The van der Waals surface area contributed by atoms with Crippen molar-refractivity contribution in [1.82, 2.24) is 0 Å². The number of hydrogen-bond acceptors (Lipinski definition) is 0. The van der Waals surface area contributed by atoms with E-state index in [0.29, 0.717) is 0 Å². The highest BCUT2D eigenvalue weighted by Gasteiger charge is 2.19. The molecule has 0 spiro atoms. The van der Waals surface area contributed by atoms with Gasteiger partial charge in [0.15, 0.2) is 0 Å². The molecule has 0 aliphatic carbocycles. The predicted molar refractivity (Wildman–Crippen MR) is 160 cm³/mol. The SMILES string of the molecule is Cc1ccccc1-c1ccccc1-c1c2ccccc2c(-c2ccc3ccccc3c2)c2ccccc12. The Morgan fingerprint density at radius 2 is 0.838 bits per heavy atom. The van der Waals surface area contributed by atoms with Crippen LogP contribution in [0.1, 0.15) is 5.56 Å². The summed E-state index contributed by atoms with van der Waals surface area (Å²) in [5.41, 5.74) is 8.97. The van der Waals surface area contributed by atoms with Crippen LogP contribution >= 0.6 is 0 Å². The maximum atomic E-state index is 2.34. The van der Waals surface area contributed by atoms with E-state index in [1.165, 1.54) is 71.3 Å². The molecule has 0 N–H and O–H groups in total. The smallest absolute Gasteiger partial charge is 0.00201 e. The van der Waals surface area contributed by atoms with Crippen LogP contribution in [0.4, 0.5) is 0 Å². The molecule has 0 heterocycles. The Morgan fingerprint density at radius 3 is 1.49 bits per heavy atom. The molecule has 0 amide bonds. The summed E-state index contributed by atoms with van der Waals surface area (Å²) in [4.78, 5) is 0. The maximum Gasteiger partial charge on any atom is -0.00201 e. The molecule has 37 heavy (non-hydrogen) atoms. The third-order valence-corrected chi connectivity index (χ3v) is 7.60. The zero-order valence-corrected chi connectivity index (χ0v) is 20.8. The first-order chi connectivity index (χ1) is 18.3. The highest BCUT2D eigenvalue weighted by Crippen LogP contribution is 2.46. The number of hydrogen-bond donors (Lipinski definition) is 0. The summed E-state index contributed by atoms with van der Waals surface area (Å²) < 4.78 is 0. The van der Waals surface area contributed by atoms with E-state index < -0.39 is 0 Å². The summed E-state index contributed by atoms with van der Waals surface area (Å²) in [5, 5.41) is 7.67. The van der Waals surface area contributed by atoms with Crippen molar-refractivity contribution in [2.45, 2.75) is 6.92 Å². The fourth-order valence-corrected chi connectivity index (χ4v) is 5.89. The molecule has 0 unspecified atom stereocenters. The highest BCUT2D eigenvalue weighted by atomic mass is 14.2. The molecule has 0 aliphatic rings. The van der Waals surface area contributed by atoms with Crippen molar-refractivity contribution in [2.24, 2.45) is 0 Å². The molecule has 0 bridgehead atoms. The van der Waals surface area contributed by atoms with Crippen molar-refractivity contribution in [2.75, 3.05) is 0 Å². The average molecular weight is 471 g/mol. The van der Waals surface area contributed by atoms with Crippen LogP contribution in [-0.2, 0) is 0 Å². The van der Waals surface area contributed by atoms with Gasteiger partial charge in [-0.05, 0) is 84.3 Å². The lowest BCUT2D eigenvalue weighted by Gasteiger charge is -2.20. The number of fused-ring (bicyclic) bond motifs is 3. The largest absolute Gasteiger partial charge is 0.0620 e. The molecule has 0 radical (unpaired) electrons. The van der Waals surface area contributed by atoms with Crippen LogP contribution in [0.5, 0.6) is 0 Å². The van der Waals surface area contributed by atoms with Gasteiger partial charge in [0.05, 0.1) is 0 Å². The van der Waals surface area contributed by atoms with Crippen LogP contribution in [-0.4, -0.2) is 0 Å².